The van der Waals surface area contributed by atoms with E-state index >= 15 is 0 Å². The molecule has 0 fully saturated rings. The second-order valence-corrected chi connectivity index (χ2v) is 7.83. The molecule has 128 valence electrons. The van der Waals surface area contributed by atoms with Gasteiger partial charge in [-0.2, -0.15) is 0 Å². The van der Waals surface area contributed by atoms with Gasteiger partial charge >= 0.3 is 0 Å². The summed E-state index contributed by atoms with van der Waals surface area (Å²) in [6, 6.07) is 5.26. The molecule has 1 aliphatic carbocycles. The maximum absolute atomic E-state index is 12.4. The molecule has 0 spiro atoms. The number of nitrogens with one attached hydrogen (secondary N) is 1. The Balaban J connectivity index is 1.63. The van der Waals surface area contributed by atoms with Gasteiger partial charge < -0.3 is 0 Å². The quantitative estimate of drug-likeness (QED) is 0.833. The third-order valence-electron chi connectivity index (χ3n) is 4.11. The van der Waals surface area contributed by atoms with Crippen LogP contribution in [0.4, 0.5) is 5.95 Å². The van der Waals surface area contributed by atoms with E-state index in [1.54, 1.807) is 12.1 Å². The van der Waals surface area contributed by atoms with Gasteiger partial charge in [0.2, 0.25) is 11.9 Å². The van der Waals surface area contributed by atoms with Gasteiger partial charge in [-0.3, -0.25) is 10.1 Å². The molecule has 9 heteroatoms. The number of carbonyl (C=O) groups excluding carboxylic acids is 1. The molecule has 3 rings (SSSR count). The average Bonchev–Trinajstić information content (AvgIpc) is 3.20. The zero-order valence-corrected chi connectivity index (χ0v) is 14.2. The van der Waals surface area contributed by atoms with E-state index in [0.717, 1.165) is 24.8 Å². The van der Waals surface area contributed by atoms with Crippen LogP contribution in [-0.4, -0.2) is 40.3 Å². The van der Waals surface area contributed by atoms with Gasteiger partial charge in [-0.1, -0.05) is 11.2 Å². The van der Waals surface area contributed by atoms with E-state index in [4.69, 9.17) is 0 Å². The first-order chi connectivity index (χ1) is 11.5. The summed E-state index contributed by atoms with van der Waals surface area (Å²) < 4.78 is 26.3. The number of rotatable bonds is 6. The number of carbonyl (C=O) groups is 1. The van der Waals surface area contributed by atoms with E-state index in [1.165, 1.54) is 10.2 Å². The fourth-order valence-electron chi connectivity index (χ4n) is 2.78. The summed E-state index contributed by atoms with van der Waals surface area (Å²) in [5.74, 6) is -0.452. The van der Waals surface area contributed by atoms with Gasteiger partial charge in [0.1, 0.15) is 0 Å². The lowest BCUT2D eigenvalue weighted by Gasteiger charge is -2.07. The normalized spacial score (nSPS) is 13.7. The fraction of sp³-hybridized carbons (Fsp3) is 0.467. The van der Waals surface area contributed by atoms with Gasteiger partial charge in [-0.15, -0.1) is 0 Å². The van der Waals surface area contributed by atoms with Crippen LogP contribution in [0.25, 0.3) is 0 Å². The monoisotopic (exact) mass is 349 g/mol. The number of amides is 1. The number of hydrogen-bond donors (Lipinski definition) is 1. The molecule has 0 aliphatic heterocycles. The van der Waals surface area contributed by atoms with Crippen molar-refractivity contribution in [1.29, 1.82) is 0 Å². The minimum absolute atomic E-state index is 0.143. The number of aryl methyl sites for hydroxylation is 3. The van der Waals surface area contributed by atoms with Crippen molar-refractivity contribution in [3.05, 3.63) is 29.3 Å². The second-order valence-electron chi connectivity index (χ2n) is 5.72. The van der Waals surface area contributed by atoms with Crippen LogP contribution in [0.15, 0.2) is 23.1 Å². The molecule has 8 nitrogen and oxygen atoms in total. The number of benzene rings is 1. The van der Waals surface area contributed by atoms with Crippen molar-refractivity contribution in [3.8, 4) is 0 Å². The third-order valence-corrected chi connectivity index (χ3v) is 5.82. The predicted molar refractivity (Wildman–Crippen MR) is 87.3 cm³/mol. The Bertz CT molecular complexity index is 860. The number of aromatic nitrogens is 4. The lowest BCUT2D eigenvalue weighted by Crippen LogP contribution is -2.20. The lowest BCUT2D eigenvalue weighted by molar-refractivity contribution is -0.115. The molecule has 24 heavy (non-hydrogen) atoms. The van der Waals surface area contributed by atoms with E-state index in [0.29, 0.717) is 6.54 Å². The minimum atomic E-state index is -3.49. The van der Waals surface area contributed by atoms with Gasteiger partial charge in [0.25, 0.3) is 0 Å². The Morgan fingerprint density at radius 1 is 1.29 bits per heavy atom. The molecule has 1 aliphatic rings. The Labute approximate surface area is 140 Å². The minimum Gasteiger partial charge on any atom is -0.293 e. The van der Waals surface area contributed by atoms with Crippen LogP contribution in [0.3, 0.4) is 0 Å². The molecule has 1 amide bonds. The molecule has 0 saturated carbocycles. The van der Waals surface area contributed by atoms with Crippen LogP contribution in [0.2, 0.25) is 0 Å². The van der Waals surface area contributed by atoms with E-state index in [9.17, 15) is 13.2 Å². The van der Waals surface area contributed by atoms with Gasteiger partial charge in [-0.25, -0.2) is 13.1 Å². The van der Waals surface area contributed by atoms with Crippen LogP contribution in [-0.2, 0) is 34.0 Å². The predicted octanol–water partition coefficient (Wildman–Crippen LogP) is 0.984. The summed E-state index contributed by atoms with van der Waals surface area (Å²) in [6.07, 6.45) is 2.84. The van der Waals surface area contributed by atoms with Crippen molar-refractivity contribution in [1.82, 2.24) is 20.2 Å². The van der Waals surface area contributed by atoms with E-state index in [2.05, 4.69) is 20.8 Å². The van der Waals surface area contributed by atoms with Crippen molar-refractivity contribution >= 4 is 21.7 Å². The largest absolute Gasteiger partial charge is 0.293 e. The van der Waals surface area contributed by atoms with Gasteiger partial charge in [0.05, 0.1) is 10.6 Å². The third kappa shape index (κ3) is 3.45. The van der Waals surface area contributed by atoms with Gasteiger partial charge in [0.15, 0.2) is 9.84 Å². The maximum Gasteiger partial charge on any atom is 0.249 e. The van der Waals surface area contributed by atoms with E-state index in [1.807, 2.05) is 13.0 Å². The lowest BCUT2D eigenvalue weighted by atomic mass is 10.1. The van der Waals surface area contributed by atoms with Crippen molar-refractivity contribution in [2.45, 2.75) is 44.0 Å². The van der Waals surface area contributed by atoms with Crippen LogP contribution in [0.1, 0.15) is 30.9 Å². The molecule has 0 saturated heterocycles. The van der Waals surface area contributed by atoms with Gasteiger partial charge in [-0.05, 0) is 59.9 Å². The topological polar surface area (TPSA) is 107 Å². The summed E-state index contributed by atoms with van der Waals surface area (Å²) in [5, 5.41) is 13.4. The Morgan fingerprint density at radius 2 is 2.08 bits per heavy atom. The van der Waals surface area contributed by atoms with Crippen LogP contribution in [0, 0.1) is 0 Å². The zero-order chi connectivity index (χ0) is 17.2. The number of nitrogens with zero attached hydrogens (tertiary/aromatic N) is 4. The fourth-order valence-corrected chi connectivity index (χ4v) is 4.07. The first kappa shape index (κ1) is 16.6. The smallest absolute Gasteiger partial charge is 0.249 e. The highest BCUT2D eigenvalue weighted by molar-refractivity contribution is 7.91. The molecule has 1 heterocycles. The molecule has 0 unspecified atom stereocenters. The van der Waals surface area contributed by atoms with Crippen LogP contribution >= 0.6 is 0 Å². The van der Waals surface area contributed by atoms with Gasteiger partial charge in [0, 0.05) is 13.0 Å². The summed E-state index contributed by atoms with van der Waals surface area (Å²) in [5.41, 5.74) is 2.32. The van der Waals surface area contributed by atoms with Crippen LogP contribution in [0.5, 0.6) is 0 Å². The first-order valence-electron chi connectivity index (χ1n) is 7.90. The van der Waals surface area contributed by atoms with Crippen molar-refractivity contribution in [3.63, 3.8) is 0 Å². The van der Waals surface area contributed by atoms with Crippen molar-refractivity contribution < 1.29 is 13.2 Å². The van der Waals surface area contributed by atoms with Crippen LogP contribution < -0.4 is 5.32 Å². The number of anilines is 1. The molecule has 2 aromatic rings. The highest BCUT2D eigenvalue weighted by atomic mass is 32.2. The molecule has 1 N–H and O–H groups in total. The highest BCUT2D eigenvalue weighted by Crippen LogP contribution is 2.25. The molecule has 0 radical (unpaired) electrons. The first-order valence-corrected chi connectivity index (χ1v) is 9.55. The maximum atomic E-state index is 12.4. The highest BCUT2D eigenvalue weighted by Gasteiger charge is 2.20. The zero-order valence-electron chi connectivity index (χ0n) is 13.4. The Morgan fingerprint density at radius 3 is 2.88 bits per heavy atom. The Kier molecular flexibility index (Phi) is 4.61. The average molecular weight is 349 g/mol. The van der Waals surface area contributed by atoms with E-state index < -0.39 is 15.7 Å². The SMILES string of the molecule is CCn1nnnc1NC(=O)CCS(=O)(=O)c1ccc2c(c1)CCC2. The number of sulfone groups is 1. The summed E-state index contributed by atoms with van der Waals surface area (Å²) in [6.45, 7) is 2.35. The van der Waals surface area contributed by atoms with Crippen molar-refractivity contribution in [2.24, 2.45) is 0 Å². The summed E-state index contributed by atoms with van der Waals surface area (Å²) >= 11 is 0. The number of tetrazole rings is 1. The van der Waals surface area contributed by atoms with Crippen molar-refractivity contribution in [2.75, 3.05) is 11.1 Å². The number of fused-ring (bicyclic) bond motifs is 1. The van der Waals surface area contributed by atoms with E-state index in [-0.39, 0.29) is 23.0 Å². The summed E-state index contributed by atoms with van der Waals surface area (Å²) in [7, 11) is -3.49. The molecular formula is C15H19N5O3S. The molecular weight excluding hydrogens is 330 g/mol. The number of hydrogen-bond acceptors (Lipinski definition) is 6. The molecule has 0 bridgehead atoms. The summed E-state index contributed by atoms with van der Waals surface area (Å²) in [4.78, 5) is 12.2. The Hall–Kier alpha value is -2.29. The molecule has 0 atom stereocenters. The second kappa shape index (κ2) is 6.68. The standard InChI is InChI=1S/C15H19N5O3S/c1-2-20-15(17-18-19-20)16-14(21)8-9-24(22,23)13-7-6-11-4-3-5-12(11)10-13/h6-7,10H,2-5,8-9H2,1H3,(H,16,17,19,21). The molecule has 1 aromatic heterocycles. The molecule has 1 aromatic carbocycles.